The average molecular weight is 1790 g/mol. The second kappa shape index (κ2) is 37.3. The second-order valence-electron chi connectivity index (χ2n) is 34.2. The van der Waals surface area contributed by atoms with Gasteiger partial charge in [0.25, 0.3) is 0 Å². The van der Waals surface area contributed by atoms with Crippen LogP contribution in [-0.2, 0) is 5.41 Å². The molecular weight excluding hydrogens is 1700 g/mol. The highest BCUT2D eigenvalue weighted by atomic mass is 15.1. The molecule has 17 nitrogen and oxygen atoms in total. The fraction of sp³-hybridized carbons (Fsp3) is 0.0246. The number of hydrogen-bond acceptors (Lipinski definition) is 17. The van der Waals surface area contributed by atoms with Gasteiger partial charge in [0.2, 0.25) is 0 Å². The summed E-state index contributed by atoms with van der Waals surface area (Å²) in [5.74, 6) is 7.68. The first kappa shape index (κ1) is 84.4. The van der Waals surface area contributed by atoms with Crippen LogP contribution in [0, 0.1) is 0 Å². The molecular formula is C122H81N17. The van der Waals surface area contributed by atoms with Gasteiger partial charge < -0.3 is 0 Å². The zero-order valence-electron chi connectivity index (χ0n) is 75.4. The largest absolute Gasteiger partial charge is 0.264 e. The van der Waals surface area contributed by atoms with E-state index in [0.717, 1.165) is 155 Å². The van der Waals surface area contributed by atoms with Gasteiger partial charge in [-0.05, 0) is 70.3 Å². The Morgan fingerprint density at radius 1 is 0.173 bits per heavy atom. The first-order chi connectivity index (χ1) is 68.6. The van der Waals surface area contributed by atoms with Gasteiger partial charge in [-0.2, -0.15) is 0 Å². The molecule has 654 valence electrons. The van der Waals surface area contributed by atoms with E-state index < -0.39 is 0 Å². The van der Waals surface area contributed by atoms with Crippen molar-refractivity contribution in [3.8, 4) is 193 Å². The number of benzene rings is 16. The summed E-state index contributed by atoms with van der Waals surface area (Å²) < 4.78 is 0. The average Bonchev–Trinajstić information content (AvgIpc) is 1.58. The van der Waals surface area contributed by atoms with Crippen molar-refractivity contribution >= 4 is 43.6 Å². The van der Waals surface area contributed by atoms with Crippen molar-refractivity contribution < 1.29 is 0 Å². The molecule has 25 rings (SSSR count). The number of nitrogens with zero attached hydrogens (tertiary/aromatic N) is 17. The summed E-state index contributed by atoms with van der Waals surface area (Å²) in [5.41, 5.74) is 27.7. The van der Waals surface area contributed by atoms with Gasteiger partial charge in [-0.15, -0.1) is 0 Å². The van der Waals surface area contributed by atoms with Crippen LogP contribution in [-0.4, -0.2) is 84.7 Å². The maximum absolute atomic E-state index is 5.22. The molecule has 0 N–H and O–H groups in total. The van der Waals surface area contributed by atoms with E-state index in [2.05, 4.69) is 200 Å². The zero-order chi connectivity index (χ0) is 93.0. The summed E-state index contributed by atoms with van der Waals surface area (Å²) in [6.07, 6.45) is 5.37. The topological polar surface area (TPSA) is 219 Å². The number of rotatable bonds is 16. The summed E-state index contributed by atoms with van der Waals surface area (Å²) in [7, 11) is 0. The first-order valence-corrected chi connectivity index (χ1v) is 45.9. The van der Waals surface area contributed by atoms with Crippen molar-refractivity contribution in [2.45, 2.75) is 19.3 Å². The van der Waals surface area contributed by atoms with Crippen LogP contribution in [0.4, 0.5) is 0 Å². The molecule has 139 heavy (non-hydrogen) atoms. The smallest absolute Gasteiger partial charge is 0.164 e. The standard InChI is InChI=1S/C44H28N6.C44H31N5.C34H22N6/c1-3-11-32(12-4-1)42-48-43(33-13-5-2-6-14-33)50-44(49-42)35-26-22-31(23-27-35)40-37-17-7-8-19-38(37)46-41(47-40)34-24-20-29(21-25-34)36-18-9-15-30-16-10-28-45-39(30)36;1-44(2)36-19-11-9-17-33(36)34-26-25-32(27-37(34)44)43-45-38-20-12-10-18-35(38)39(46-43)28-21-23-31(24-22-28)42-48-40(29-13-5-3-6-14-29)47-41(49-42)30-15-7-4-8-16-30;1-3-10-24(11-4-1)31-38-32(25-12-5-2-6-13-25)40-33(39-31)26-19-17-23(18-20-26)30-28-15-7-8-16-29(28)36-34(37-30)27-14-9-21-35-22-27/h1-28H;3-27H,1-2H3;1-22H. The van der Waals surface area contributed by atoms with Crippen LogP contribution in [0.2, 0.25) is 0 Å². The molecule has 0 unspecified atom stereocenters. The highest BCUT2D eigenvalue weighted by molar-refractivity contribution is 5.99. The number of fused-ring (bicyclic) bond motifs is 7. The zero-order valence-corrected chi connectivity index (χ0v) is 75.4. The molecule has 8 aromatic heterocycles. The fourth-order valence-corrected chi connectivity index (χ4v) is 17.9. The summed E-state index contributed by atoms with van der Waals surface area (Å²) >= 11 is 0. The number of aromatic nitrogens is 17. The molecule has 0 radical (unpaired) electrons. The van der Waals surface area contributed by atoms with Crippen LogP contribution in [0.5, 0.6) is 0 Å². The van der Waals surface area contributed by atoms with E-state index in [1.807, 2.05) is 267 Å². The maximum atomic E-state index is 5.22. The van der Waals surface area contributed by atoms with E-state index >= 15 is 0 Å². The Kier molecular flexibility index (Phi) is 22.6. The van der Waals surface area contributed by atoms with Gasteiger partial charge in [0.1, 0.15) is 0 Å². The molecule has 1 aliphatic rings. The SMILES string of the molecule is CC1(C)c2ccccc2-c2ccc(-c3nc(-c4ccc(-c5nc(-c6ccccc6)nc(-c6ccccc6)n5)cc4)c4ccccc4n3)cc21.c1ccc(-c2nc(-c3ccccc3)nc(-c3ccc(-c4nc(-c5ccc(-c6cccc7cccnc67)cc5)nc5ccccc45)cc3)n2)cc1.c1ccc(-c2nc(-c3ccccc3)nc(-c3ccc(-c4nc(-c5cccnc5)nc5ccccc45)cc3)n2)cc1. The normalized spacial score (nSPS) is 11.7. The van der Waals surface area contributed by atoms with Crippen molar-refractivity contribution in [1.82, 2.24) is 84.7 Å². The minimum absolute atomic E-state index is 0.104. The first-order valence-electron chi connectivity index (χ1n) is 45.9. The van der Waals surface area contributed by atoms with Crippen molar-refractivity contribution in [2.24, 2.45) is 0 Å². The highest BCUT2D eigenvalue weighted by Gasteiger charge is 2.36. The van der Waals surface area contributed by atoms with Crippen LogP contribution < -0.4 is 0 Å². The van der Waals surface area contributed by atoms with E-state index in [4.69, 9.17) is 74.8 Å². The molecule has 0 aliphatic heterocycles. The van der Waals surface area contributed by atoms with E-state index in [1.54, 1.807) is 12.4 Å². The van der Waals surface area contributed by atoms with E-state index in [0.29, 0.717) is 69.9 Å². The van der Waals surface area contributed by atoms with Gasteiger partial charge in [0, 0.05) is 135 Å². The Balaban J connectivity index is 0.000000117. The molecule has 17 heteroatoms. The van der Waals surface area contributed by atoms with Crippen LogP contribution in [0.1, 0.15) is 25.0 Å². The summed E-state index contributed by atoms with van der Waals surface area (Å²) in [6.45, 7) is 4.60. The Morgan fingerprint density at radius 3 is 0.806 bits per heavy atom. The number of para-hydroxylation sites is 4. The third-order valence-electron chi connectivity index (χ3n) is 25.0. The minimum atomic E-state index is -0.104. The van der Waals surface area contributed by atoms with E-state index in [-0.39, 0.29) is 5.41 Å². The van der Waals surface area contributed by atoms with Crippen molar-refractivity contribution in [3.63, 3.8) is 0 Å². The lowest BCUT2D eigenvalue weighted by Gasteiger charge is -2.21. The quantitative estimate of drug-likeness (QED) is 0.0878. The summed E-state index contributed by atoms with van der Waals surface area (Å²) in [4.78, 5) is 82.8. The molecule has 16 aromatic carbocycles. The molecule has 0 bridgehead atoms. The molecule has 0 saturated heterocycles. The Morgan fingerprint density at radius 2 is 0.439 bits per heavy atom. The maximum Gasteiger partial charge on any atom is 0.164 e. The molecule has 8 heterocycles. The highest BCUT2D eigenvalue weighted by Crippen LogP contribution is 2.50. The lowest BCUT2D eigenvalue weighted by molar-refractivity contribution is 0.660. The van der Waals surface area contributed by atoms with Crippen LogP contribution in [0.25, 0.3) is 236 Å². The molecule has 1 aliphatic carbocycles. The van der Waals surface area contributed by atoms with Gasteiger partial charge in [-0.1, -0.05) is 408 Å². The Bertz CT molecular complexity index is 8480. The van der Waals surface area contributed by atoms with Gasteiger partial charge >= 0.3 is 0 Å². The van der Waals surface area contributed by atoms with Crippen LogP contribution >= 0.6 is 0 Å². The third kappa shape index (κ3) is 17.3. The second-order valence-corrected chi connectivity index (χ2v) is 34.2. The lowest BCUT2D eigenvalue weighted by atomic mass is 9.82. The Hall–Kier alpha value is -18.9. The number of hydrogen-bond donors (Lipinski definition) is 0. The molecule has 0 spiro atoms. The third-order valence-corrected chi connectivity index (χ3v) is 25.0. The molecule has 0 fully saturated rings. The predicted molar refractivity (Wildman–Crippen MR) is 556 cm³/mol. The molecule has 0 atom stereocenters. The molecule has 24 aromatic rings. The van der Waals surface area contributed by atoms with Gasteiger partial charge in [0.05, 0.1) is 39.1 Å². The lowest BCUT2D eigenvalue weighted by Crippen LogP contribution is -2.15. The minimum Gasteiger partial charge on any atom is -0.264 e. The van der Waals surface area contributed by atoms with Crippen molar-refractivity contribution in [1.29, 1.82) is 0 Å². The molecule has 0 amide bonds. The monoisotopic (exact) mass is 1780 g/mol. The van der Waals surface area contributed by atoms with Gasteiger partial charge in [0.15, 0.2) is 69.9 Å². The van der Waals surface area contributed by atoms with Gasteiger partial charge in [-0.3, -0.25) is 9.97 Å². The van der Waals surface area contributed by atoms with Gasteiger partial charge in [-0.25, -0.2) is 74.8 Å². The van der Waals surface area contributed by atoms with Crippen LogP contribution in [0.15, 0.2) is 455 Å². The summed E-state index contributed by atoms with van der Waals surface area (Å²) in [5, 5.41) is 4.10. The fourth-order valence-electron chi connectivity index (χ4n) is 17.9. The molecule has 0 saturated carbocycles. The summed E-state index contributed by atoms with van der Waals surface area (Å²) in [6, 6.07) is 147. The van der Waals surface area contributed by atoms with Crippen LogP contribution in [0.3, 0.4) is 0 Å². The van der Waals surface area contributed by atoms with Crippen molar-refractivity contribution in [2.75, 3.05) is 0 Å². The van der Waals surface area contributed by atoms with E-state index in [1.165, 1.54) is 22.3 Å². The Labute approximate surface area is 801 Å². The predicted octanol–water partition coefficient (Wildman–Crippen LogP) is 28.4. The van der Waals surface area contributed by atoms with E-state index in [9.17, 15) is 0 Å². The van der Waals surface area contributed by atoms with Crippen molar-refractivity contribution in [3.05, 3.63) is 466 Å². The number of pyridine rings is 2.